The van der Waals surface area contributed by atoms with Crippen LogP contribution in [0, 0.1) is 0 Å². The fourth-order valence-corrected chi connectivity index (χ4v) is 1.04. The highest BCUT2D eigenvalue weighted by atomic mass is 19.1. The largest absolute Gasteiger partial charge is 0.394 e. The van der Waals surface area contributed by atoms with E-state index in [9.17, 15) is 4.39 Å². The number of halogens is 1. The fourth-order valence-electron chi connectivity index (χ4n) is 1.04. The summed E-state index contributed by atoms with van der Waals surface area (Å²) in [5.74, 6) is 0. The van der Waals surface area contributed by atoms with Crippen LogP contribution in [-0.4, -0.2) is 48.6 Å². The maximum atomic E-state index is 12.8. The lowest BCUT2D eigenvalue weighted by Crippen LogP contribution is -2.30. The molecular formula is C6H11FO4. The topological polar surface area (TPSA) is 58.9 Å². The van der Waals surface area contributed by atoms with E-state index >= 15 is 0 Å². The molecule has 0 bridgehead atoms. The van der Waals surface area contributed by atoms with Crippen molar-refractivity contribution >= 4 is 0 Å². The molecule has 1 heterocycles. The summed E-state index contributed by atoms with van der Waals surface area (Å²) in [5.41, 5.74) is 0. The lowest BCUT2D eigenvalue weighted by Gasteiger charge is -2.10. The first kappa shape index (κ1) is 8.86. The van der Waals surface area contributed by atoms with Gasteiger partial charge in [0.25, 0.3) is 0 Å². The van der Waals surface area contributed by atoms with Crippen LogP contribution in [0.5, 0.6) is 0 Å². The normalized spacial score (nSPS) is 44.7. The van der Waals surface area contributed by atoms with Crippen LogP contribution >= 0.6 is 0 Å². The van der Waals surface area contributed by atoms with E-state index < -0.39 is 31.3 Å². The third-order valence-corrected chi connectivity index (χ3v) is 1.68. The predicted octanol–water partition coefficient (Wildman–Crippen LogP) is -0.951. The minimum Gasteiger partial charge on any atom is -0.394 e. The number of methoxy groups -OCH3 is 1. The van der Waals surface area contributed by atoms with Crippen LogP contribution in [0.4, 0.5) is 4.39 Å². The van der Waals surface area contributed by atoms with Crippen molar-refractivity contribution in [2.45, 2.75) is 24.7 Å². The molecule has 0 radical (unpaired) electrons. The second-order valence-corrected chi connectivity index (χ2v) is 2.40. The van der Waals surface area contributed by atoms with E-state index in [0.29, 0.717) is 0 Å². The number of rotatable bonds is 2. The molecule has 0 aromatic rings. The van der Waals surface area contributed by atoms with Crippen molar-refractivity contribution in [2.24, 2.45) is 0 Å². The van der Waals surface area contributed by atoms with E-state index in [1.807, 2.05) is 0 Å². The van der Waals surface area contributed by atoms with Gasteiger partial charge in [0, 0.05) is 7.11 Å². The molecule has 1 saturated heterocycles. The average molecular weight is 166 g/mol. The molecule has 2 N–H and O–H groups in total. The van der Waals surface area contributed by atoms with Gasteiger partial charge < -0.3 is 19.7 Å². The predicted molar refractivity (Wildman–Crippen MR) is 33.7 cm³/mol. The summed E-state index contributed by atoms with van der Waals surface area (Å²) in [4.78, 5) is 0. The van der Waals surface area contributed by atoms with Crippen LogP contribution in [0.3, 0.4) is 0 Å². The SMILES string of the molecule is CO[C@@H]1O[C@H](CO)[C@@H](F)[C@H]1O. The van der Waals surface area contributed by atoms with Gasteiger partial charge in [0.15, 0.2) is 12.5 Å². The summed E-state index contributed by atoms with van der Waals surface area (Å²) in [6.45, 7) is -0.446. The maximum Gasteiger partial charge on any atom is 0.186 e. The fraction of sp³-hybridized carbons (Fsp3) is 1.00. The second kappa shape index (κ2) is 3.44. The van der Waals surface area contributed by atoms with Crippen LogP contribution in [0.2, 0.25) is 0 Å². The molecule has 0 aromatic heterocycles. The first-order valence-electron chi connectivity index (χ1n) is 3.32. The molecule has 11 heavy (non-hydrogen) atoms. The van der Waals surface area contributed by atoms with Gasteiger partial charge in [-0.3, -0.25) is 0 Å². The van der Waals surface area contributed by atoms with E-state index in [1.54, 1.807) is 0 Å². The lowest BCUT2D eigenvalue weighted by molar-refractivity contribution is -0.153. The molecule has 66 valence electrons. The van der Waals surface area contributed by atoms with Crippen molar-refractivity contribution in [1.82, 2.24) is 0 Å². The van der Waals surface area contributed by atoms with Crippen molar-refractivity contribution < 1.29 is 24.1 Å². The Morgan fingerprint density at radius 2 is 2.27 bits per heavy atom. The Kier molecular flexibility index (Phi) is 2.78. The van der Waals surface area contributed by atoms with E-state index in [1.165, 1.54) is 7.11 Å². The van der Waals surface area contributed by atoms with E-state index in [0.717, 1.165) is 0 Å². The zero-order valence-electron chi connectivity index (χ0n) is 6.11. The second-order valence-electron chi connectivity index (χ2n) is 2.40. The van der Waals surface area contributed by atoms with E-state index in [2.05, 4.69) is 4.74 Å². The van der Waals surface area contributed by atoms with E-state index in [4.69, 9.17) is 14.9 Å². The van der Waals surface area contributed by atoms with Gasteiger partial charge in [0.1, 0.15) is 12.2 Å². The summed E-state index contributed by atoms with van der Waals surface area (Å²) >= 11 is 0. The van der Waals surface area contributed by atoms with Gasteiger partial charge in [-0.25, -0.2) is 4.39 Å². The first-order chi connectivity index (χ1) is 5.20. The van der Waals surface area contributed by atoms with Crippen molar-refractivity contribution in [3.05, 3.63) is 0 Å². The number of alkyl halides is 1. The van der Waals surface area contributed by atoms with Crippen LogP contribution in [0.1, 0.15) is 0 Å². The van der Waals surface area contributed by atoms with Gasteiger partial charge >= 0.3 is 0 Å². The number of ether oxygens (including phenoxy) is 2. The van der Waals surface area contributed by atoms with Crippen molar-refractivity contribution in [3.63, 3.8) is 0 Å². The Morgan fingerprint density at radius 1 is 1.64 bits per heavy atom. The summed E-state index contributed by atoms with van der Waals surface area (Å²) in [6.07, 6.45) is -4.78. The molecule has 0 spiro atoms. The van der Waals surface area contributed by atoms with Crippen molar-refractivity contribution in [1.29, 1.82) is 0 Å². The Morgan fingerprint density at radius 3 is 2.55 bits per heavy atom. The zero-order valence-corrected chi connectivity index (χ0v) is 6.11. The third-order valence-electron chi connectivity index (χ3n) is 1.68. The third kappa shape index (κ3) is 1.51. The highest BCUT2D eigenvalue weighted by Gasteiger charge is 2.43. The van der Waals surface area contributed by atoms with E-state index in [-0.39, 0.29) is 0 Å². The van der Waals surface area contributed by atoms with Gasteiger partial charge in [-0.05, 0) is 0 Å². The molecule has 0 amide bonds. The molecule has 4 atom stereocenters. The smallest absolute Gasteiger partial charge is 0.186 e. The summed E-state index contributed by atoms with van der Waals surface area (Å²) in [5, 5.41) is 17.6. The Labute approximate surface area is 63.5 Å². The molecule has 1 rings (SSSR count). The maximum absolute atomic E-state index is 12.8. The highest BCUT2D eigenvalue weighted by molar-refractivity contribution is 4.86. The summed E-state index contributed by atoms with van der Waals surface area (Å²) in [7, 11) is 1.31. The standard InChI is InChI=1S/C6H11FO4/c1-10-6-5(9)4(7)3(2-8)11-6/h3-6,8-9H,2H2,1H3/t3-,4-,5-,6-/m1/s1. The van der Waals surface area contributed by atoms with Crippen LogP contribution < -0.4 is 0 Å². The number of aliphatic hydroxyl groups is 2. The number of aliphatic hydroxyl groups excluding tert-OH is 2. The molecule has 4 nitrogen and oxygen atoms in total. The molecule has 1 aliphatic rings. The number of hydrogen-bond donors (Lipinski definition) is 2. The molecule has 0 aliphatic carbocycles. The molecule has 1 fully saturated rings. The van der Waals surface area contributed by atoms with Crippen LogP contribution in [0.15, 0.2) is 0 Å². The monoisotopic (exact) mass is 166 g/mol. The molecule has 0 unspecified atom stereocenters. The van der Waals surface area contributed by atoms with Gasteiger partial charge in [0.05, 0.1) is 6.61 Å². The molecule has 1 aliphatic heterocycles. The molecule has 0 saturated carbocycles. The lowest BCUT2D eigenvalue weighted by atomic mass is 10.2. The van der Waals surface area contributed by atoms with Gasteiger partial charge in [-0.2, -0.15) is 0 Å². The molecule has 5 heteroatoms. The highest BCUT2D eigenvalue weighted by Crippen LogP contribution is 2.23. The summed E-state index contributed by atoms with van der Waals surface area (Å²) in [6, 6.07) is 0. The number of hydrogen-bond acceptors (Lipinski definition) is 4. The van der Waals surface area contributed by atoms with Gasteiger partial charge in [-0.15, -0.1) is 0 Å². The van der Waals surface area contributed by atoms with Crippen LogP contribution in [0.25, 0.3) is 0 Å². The summed E-state index contributed by atoms with van der Waals surface area (Å²) < 4.78 is 22.2. The van der Waals surface area contributed by atoms with Crippen LogP contribution in [-0.2, 0) is 9.47 Å². The Bertz CT molecular complexity index is 114. The zero-order chi connectivity index (χ0) is 8.43. The van der Waals surface area contributed by atoms with Crippen molar-refractivity contribution in [2.75, 3.05) is 13.7 Å². The quantitative estimate of drug-likeness (QED) is 0.555. The van der Waals surface area contributed by atoms with Crippen molar-refractivity contribution in [3.8, 4) is 0 Å². The molecular weight excluding hydrogens is 155 g/mol. The molecule has 0 aromatic carbocycles. The Balaban J connectivity index is 2.53. The minimum atomic E-state index is -1.56. The van der Waals surface area contributed by atoms with Gasteiger partial charge in [-0.1, -0.05) is 0 Å². The Hall–Kier alpha value is -0.230. The minimum absolute atomic E-state index is 0.446. The first-order valence-corrected chi connectivity index (χ1v) is 3.32. The van der Waals surface area contributed by atoms with Gasteiger partial charge in [0.2, 0.25) is 0 Å². The average Bonchev–Trinajstić information content (AvgIpc) is 2.30.